The minimum absolute atomic E-state index is 0.526. The van der Waals surface area contributed by atoms with Crippen LogP contribution >= 0.6 is 0 Å². The van der Waals surface area contributed by atoms with Crippen molar-refractivity contribution in [3.8, 4) is 11.3 Å². The largest absolute Gasteiger partial charge is 0.354 e. The highest BCUT2D eigenvalue weighted by Crippen LogP contribution is 2.27. The van der Waals surface area contributed by atoms with Crippen LogP contribution < -0.4 is 10.2 Å². The zero-order valence-electron chi connectivity index (χ0n) is 15.6. The molecule has 3 aromatic heterocycles. The van der Waals surface area contributed by atoms with Crippen molar-refractivity contribution in [2.24, 2.45) is 0 Å². The molecule has 6 nitrogen and oxygen atoms in total. The fourth-order valence-corrected chi connectivity index (χ4v) is 3.90. The molecule has 0 bridgehead atoms. The summed E-state index contributed by atoms with van der Waals surface area (Å²) in [6, 6.07) is 13.0. The number of hydrogen-bond donors (Lipinski definition) is 1. The third-order valence-corrected chi connectivity index (χ3v) is 5.46. The SMILES string of the molecule is CNC1CCN(c2cc(C)c3ncc(-c4ccc5ncccc5c4)n3n2)C1. The number of hydrogen-bond acceptors (Lipinski definition) is 5. The topological polar surface area (TPSA) is 58.3 Å². The molecular weight excluding hydrogens is 336 g/mol. The van der Waals surface area contributed by atoms with E-state index < -0.39 is 0 Å². The summed E-state index contributed by atoms with van der Waals surface area (Å²) >= 11 is 0. The molecule has 4 heterocycles. The van der Waals surface area contributed by atoms with Gasteiger partial charge in [-0.1, -0.05) is 12.1 Å². The van der Waals surface area contributed by atoms with Crippen molar-refractivity contribution in [1.29, 1.82) is 0 Å². The zero-order valence-corrected chi connectivity index (χ0v) is 15.6. The minimum atomic E-state index is 0.526. The Kier molecular flexibility index (Phi) is 3.79. The molecule has 0 spiro atoms. The second-order valence-corrected chi connectivity index (χ2v) is 7.20. The van der Waals surface area contributed by atoms with Gasteiger partial charge in [-0.05, 0) is 50.2 Å². The summed E-state index contributed by atoms with van der Waals surface area (Å²) < 4.78 is 1.98. The molecule has 27 heavy (non-hydrogen) atoms. The van der Waals surface area contributed by atoms with E-state index >= 15 is 0 Å². The minimum Gasteiger partial charge on any atom is -0.354 e. The van der Waals surface area contributed by atoms with Crippen molar-refractivity contribution < 1.29 is 0 Å². The van der Waals surface area contributed by atoms with Gasteiger partial charge in [-0.15, -0.1) is 5.10 Å². The zero-order chi connectivity index (χ0) is 18.4. The monoisotopic (exact) mass is 358 g/mol. The van der Waals surface area contributed by atoms with E-state index in [4.69, 9.17) is 5.10 Å². The first-order valence-corrected chi connectivity index (χ1v) is 9.36. The van der Waals surface area contributed by atoms with Crippen LogP contribution in [0.25, 0.3) is 27.8 Å². The van der Waals surface area contributed by atoms with Gasteiger partial charge in [-0.2, -0.15) is 0 Å². The van der Waals surface area contributed by atoms with Crippen LogP contribution in [-0.2, 0) is 0 Å². The summed E-state index contributed by atoms with van der Waals surface area (Å²) in [6.45, 7) is 4.11. The summed E-state index contributed by atoms with van der Waals surface area (Å²) in [5.74, 6) is 1.01. The van der Waals surface area contributed by atoms with Gasteiger partial charge in [0.2, 0.25) is 0 Å². The molecule has 0 radical (unpaired) electrons. The maximum Gasteiger partial charge on any atom is 0.157 e. The predicted octanol–water partition coefficient (Wildman–Crippen LogP) is 3.05. The van der Waals surface area contributed by atoms with Crippen molar-refractivity contribution >= 4 is 22.4 Å². The Morgan fingerprint density at radius 1 is 1.15 bits per heavy atom. The standard InChI is InChI=1S/C21H22N6/c1-14-10-20(26-9-7-17(13-26)22-2)25-27-19(12-24-21(14)27)16-5-6-18-15(11-16)4-3-8-23-18/h3-6,8,10-12,17,22H,7,9,13H2,1-2H3. The van der Waals surface area contributed by atoms with Gasteiger partial charge >= 0.3 is 0 Å². The first kappa shape index (κ1) is 16.2. The van der Waals surface area contributed by atoms with Crippen LogP contribution in [0.1, 0.15) is 12.0 Å². The number of anilines is 1. The van der Waals surface area contributed by atoms with E-state index in [-0.39, 0.29) is 0 Å². The molecule has 136 valence electrons. The number of nitrogens with zero attached hydrogens (tertiary/aromatic N) is 5. The van der Waals surface area contributed by atoms with Gasteiger partial charge in [0, 0.05) is 36.3 Å². The van der Waals surface area contributed by atoms with Crippen molar-refractivity contribution in [3.63, 3.8) is 0 Å². The Morgan fingerprint density at radius 3 is 2.93 bits per heavy atom. The van der Waals surface area contributed by atoms with Gasteiger partial charge < -0.3 is 10.2 Å². The van der Waals surface area contributed by atoms with Crippen LogP contribution in [0.4, 0.5) is 5.82 Å². The molecule has 6 heteroatoms. The van der Waals surface area contributed by atoms with E-state index in [1.807, 2.05) is 30.0 Å². The molecule has 1 aromatic carbocycles. The second kappa shape index (κ2) is 6.32. The summed E-state index contributed by atoms with van der Waals surface area (Å²) in [7, 11) is 2.03. The maximum atomic E-state index is 4.94. The Balaban J connectivity index is 1.62. The number of aryl methyl sites for hydroxylation is 1. The number of benzene rings is 1. The summed E-state index contributed by atoms with van der Waals surface area (Å²) in [5.41, 5.74) is 5.15. The third-order valence-electron chi connectivity index (χ3n) is 5.46. The molecule has 1 fully saturated rings. The van der Waals surface area contributed by atoms with Crippen LogP contribution in [0.3, 0.4) is 0 Å². The highest BCUT2D eigenvalue weighted by atomic mass is 15.3. The van der Waals surface area contributed by atoms with Gasteiger partial charge in [0.15, 0.2) is 5.65 Å². The number of imidazole rings is 1. The lowest BCUT2D eigenvalue weighted by atomic mass is 10.1. The smallest absolute Gasteiger partial charge is 0.157 e. The van der Waals surface area contributed by atoms with Crippen LogP contribution in [0.5, 0.6) is 0 Å². The number of likely N-dealkylation sites (N-methyl/N-ethyl adjacent to an activating group) is 1. The van der Waals surface area contributed by atoms with Crippen molar-refractivity contribution in [2.75, 3.05) is 25.0 Å². The van der Waals surface area contributed by atoms with E-state index in [0.29, 0.717) is 6.04 Å². The molecule has 5 rings (SSSR count). The molecule has 1 aliphatic heterocycles. The molecule has 1 saturated heterocycles. The molecule has 0 aliphatic carbocycles. The maximum absolute atomic E-state index is 4.94. The van der Waals surface area contributed by atoms with Crippen molar-refractivity contribution in [3.05, 3.63) is 54.4 Å². The van der Waals surface area contributed by atoms with Crippen LogP contribution in [-0.4, -0.2) is 45.8 Å². The fourth-order valence-electron chi connectivity index (χ4n) is 3.90. The molecule has 1 atom stereocenters. The highest BCUT2D eigenvalue weighted by molar-refractivity contribution is 5.84. The quantitative estimate of drug-likeness (QED) is 0.610. The Hall–Kier alpha value is -2.99. The van der Waals surface area contributed by atoms with Gasteiger partial charge in [0.25, 0.3) is 0 Å². The Morgan fingerprint density at radius 2 is 2.07 bits per heavy atom. The second-order valence-electron chi connectivity index (χ2n) is 7.20. The van der Waals surface area contributed by atoms with Gasteiger partial charge in [0.1, 0.15) is 5.82 Å². The van der Waals surface area contributed by atoms with E-state index in [2.05, 4.69) is 57.4 Å². The molecular formula is C21H22N6. The van der Waals surface area contributed by atoms with E-state index in [0.717, 1.165) is 58.7 Å². The first-order chi connectivity index (χ1) is 13.2. The summed E-state index contributed by atoms with van der Waals surface area (Å²) in [6.07, 6.45) is 4.88. The highest BCUT2D eigenvalue weighted by Gasteiger charge is 2.23. The van der Waals surface area contributed by atoms with E-state index in [1.165, 1.54) is 0 Å². The summed E-state index contributed by atoms with van der Waals surface area (Å²) in [4.78, 5) is 11.4. The molecule has 1 aliphatic rings. The fraction of sp³-hybridized carbons (Fsp3) is 0.286. The molecule has 0 amide bonds. The predicted molar refractivity (Wildman–Crippen MR) is 108 cm³/mol. The Bertz CT molecular complexity index is 1130. The number of fused-ring (bicyclic) bond motifs is 2. The van der Waals surface area contributed by atoms with Gasteiger partial charge in [-0.25, -0.2) is 9.50 Å². The Labute approximate surface area is 157 Å². The normalized spacial score (nSPS) is 17.3. The molecule has 1 N–H and O–H groups in total. The number of aromatic nitrogens is 4. The lowest BCUT2D eigenvalue weighted by Crippen LogP contribution is -2.30. The van der Waals surface area contributed by atoms with Crippen LogP contribution in [0.15, 0.2) is 48.8 Å². The van der Waals surface area contributed by atoms with Gasteiger partial charge in [-0.3, -0.25) is 4.98 Å². The molecule has 1 unspecified atom stereocenters. The van der Waals surface area contributed by atoms with Crippen LogP contribution in [0.2, 0.25) is 0 Å². The first-order valence-electron chi connectivity index (χ1n) is 9.36. The van der Waals surface area contributed by atoms with Crippen molar-refractivity contribution in [2.45, 2.75) is 19.4 Å². The van der Waals surface area contributed by atoms with Gasteiger partial charge in [0.05, 0.1) is 17.4 Å². The van der Waals surface area contributed by atoms with Crippen molar-refractivity contribution in [1.82, 2.24) is 24.9 Å². The van der Waals surface area contributed by atoms with Crippen LogP contribution in [0, 0.1) is 6.92 Å². The molecule has 0 saturated carbocycles. The van der Waals surface area contributed by atoms with E-state index in [1.54, 1.807) is 0 Å². The summed E-state index contributed by atoms with van der Waals surface area (Å²) in [5, 5.41) is 9.43. The molecule has 4 aromatic rings. The third kappa shape index (κ3) is 2.73. The number of pyridine rings is 1. The lowest BCUT2D eigenvalue weighted by Gasteiger charge is -2.18. The van der Waals surface area contributed by atoms with E-state index in [9.17, 15) is 0 Å². The number of nitrogens with one attached hydrogen (secondary N) is 1. The average Bonchev–Trinajstić information content (AvgIpc) is 3.35. The number of rotatable bonds is 3. The average molecular weight is 358 g/mol. The lowest BCUT2D eigenvalue weighted by molar-refractivity contribution is 0.616.